The van der Waals surface area contributed by atoms with E-state index in [2.05, 4.69) is 4.98 Å². The normalized spacial score (nSPS) is 10.9. The lowest BCUT2D eigenvalue weighted by Crippen LogP contribution is -2.24. The molecule has 0 saturated heterocycles. The van der Waals surface area contributed by atoms with Gasteiger partial charge in [0.2, 0.25) is 0 Å². The van der Waals surface area contributed by atoms with Crippen molar-refractivity contribution >= 4 is 33.0 Å². The summed E-state index contributed by atoms with van der Waals surface area (Å²) < 4.78 is 1.25. The Hall–Kier alpha value is -3.65. The van der Waals surface area contributed by atoms with Gasteiger partial charge in [-0.3, -0.25) is 24.3 Å². The van der Waals surface area contributed by atoms with Crippen LogP contribution in [0.1, 0.15) is 15.9 Å². The molecule has 2 aromatic carbocycles. The number of carbonyl (C=O) groups excluding carboxylic acids is 1. The van der Waals surface area contributed by atoms with Crippen LogP contribution in [0.2, 0.25) is 0 Å². The number of fused-ring (bicyclic) bond motifs is 1. The number of aryl methyl sites for hydroxylation is 1. The lowest BCUT2D eigenvalue weighted by molar-refractivity contribution is -0.384. The smallest absolute Gasteiger partial charge is 0.270 e. The van der Waals surface area contributed by atoms with E-state index in [-0.39, 0.29) is 23.4 Å². The molecule has 0 spiro atoms. The maximum absolute atomic E-state index is 13.0. The number of nitro groups is 1. The first kappa shape index (κ1) is 18.7. The number of hydrogen-bond acceptors (Lipinski definition) is 6. The van der Waals surface area contributed by atoms with Crippen LogP contribution in [0.3, 0.4) is 0 Å². The molecule has 2 aromatic heterocycles. The van der Waals surface area contributed by atoms with Gasteiger partial charge in [0, 0.05) is 22.6 Å². The Balaban J connectivity index is 1.72. The van der Waals surface area contributed by atoms with E-state index in [1.165, 1.54) is 46.5 Å². The molecule has 2 heterocycles. The van der Waals surface area contributed by atoms with E-state index in [4.69, 9.17) is 0 Å². The van der Waals surface area contributed by atoms with Crippen LogP contribution in [0.5, 0.6) is 0 Å². The van der Waals surface area contributed by atoms with Crippen molar-refractivity contribution in [2.75, 3.05) is 0 Å². The third-order valence-electron chi connectivity index (χ3n) is 4.65. The van der Waals surface area contributed by atoms with Crippen LogP contribution < -0.4 is 5.56 Å². The second-order valence-electron chi connectivity index (χ2n) is 6.51. The number of nitro benzene ring substituents is 1. The van der Waals surface area contributed by atoms with Gasteiger partial charge in [0.25, 0.3) is 11.2 Å². The summed E-state index contributed by atoms with van der Waals surface area (Å²) in [5.41, 5.74) is 1.54. The van der Waals surface area contributed by atoms with E-state index in [9.17, 15) is 19.7 Å². The van der Waals surface area contributed by atoms with Gasteiger partial charge >= 0.3 is 0 Å². The van der Waals surface area contributed by atoms with Crippen LogP contribution in [0.4, 0.5) is 5.69 Å². The van der Waals surface area contributed by atoms with Crippen LogP contribution in [0.15, 0.2) is 65.7 Å². The van der Waals surface area contributed by atoms with Gasteiger partial charge in [-0.25, -0.2) is 4.98 Å². The Labute approximate surface area is 169 Å². The van der Waals surface area contributed by atoms with E-state index in [0.29, 0.717) is 10.2 Å². The molecule has 0 atom stereocenters. The Morgan fingerprint density at radius 3 is 2.66 bits per heavy atom. The lowest BCUT2D eigenvalue weighted by atomic mass is 10.1. The zero-order valence-corrected chi connectivity index (χ0v) is 16.2. The minimum Gasteiger partial charge on any atom is -0.292 e. The fraction of sp³-hybridized carbons (Fsp3) is 0.0952. The maximum Gasteiger partial charge on any atom is 0.270 e. The van der Waals surface area contributed by atoms with Crippen LogP contribution in [0.25, 0.3) is 20.7 Å². The molecule has 0 aliphatic rings. The van der Waals surface area contributed by atoms with Crippen molar-refractivity contribution in [3.63, 3.8) is 0 Å². The average molecular weight is 405 g/mol. The standard InChI is InChI=1S/C21H15N3O4S/c1-13-18-20(29-19(13)14-6-3-2-4-7-14)22-12-23(21(18)26)11-17(25)15-8-5-9-16(10-15)24(27)28/h2-10,12H,11H2,1H3. The fourth-order valence-electron chi connectivity index (χ4n) is 3.18. The van der Waals surface area contributed by atoms with Crippen molar-refractivity contribution in [1.82, 2.24) is 9.55 Å². The van der Waals surface area contributed by atoms with Crippen LogP contribution in [-0.4, -0.2) is 20.3 Å². The fourth-order valence-corrected chi connectivity index (χ4v) is 4.32. The summed E-state index contributed by atoms with van der Waals surface area (Å²) in [5, 5.41) is 11.4. The summed E-state index contributed by atoms with van der Waals surface area (Å²) >= 11 is 1.44. The number of benzene rings is 2. The molecule has 0 radical (unpaired) electrons. The van der Waals surface area contributed by atoms with Crippen LogP contribution in [0, 0.1) is 17.0 Å². The SMILES string of the molecule is Cc1c(-c2ccccc2)sc2ncn(CC(=O)c3cccc([N+](=O)[O-])c3)c(=O)c12. The largest absolute Gasteiger partial charge is 0.292 e. The molecular formula is C21H15N3O4S. The molecule has 4 rings (SSSR count). The first-order valence-corrected chi connectivity index (χ1v) is 9.59. The number of non-ortho nitro benzene ring substituents is 1. The number of Topliss-reactive ketones (excluding diaryl/α,β-unsaturated/α-hetero) is 1. The molecule has 29 heavy (non-hydrogen) atoms. The Morgan fingerprint density at radius 1 is 1.17 bits per heavy atom. The number of hydrogen-bond donors (Lipinski definition) is 0. The quantitative estimate of drug-likeness (QED) is 0.281. The van der Waals surface area contributed by atoms with Crippen LogP contribution >= 0.6 is 11.3 Å². The molecule has 0 aliphatic heterocycles. The zero-order valence-electron chi connectivity index (χ0n) is 15.4. The number of carbonyl (C=O) groups is 1. The predicted molar refractivity (Wildman–Crippen MR) is 111 cm³/mol. The Bertz CT molecular complexity index is 1310. The van der Waals surface area contributed by atoms with Crippen LogP contribution in [-0.2, 0) is 6.54 Å². The molecule has 0 bridgehead atoms. The molecule has 0 aliphatic carbocycles. The van der Waals surface area contributed by atoms with E-state index in [0.717, 1.165) is 16.0 Å². The number of ketones is 1. The van der Waals surface area contributed by atoms with Gasteiger partial charge in [0.05, 0.1) is 23.2 Å². The van der Waals surface area contributed by atoms with E-state index >= 15 is 0 Å². The molecule has 4 aromatic rings. The summed E-state index contributed by atoms with van der Waals surface area (Å²) in [4.78, 5) is 41.9. The summed E-state index contributed by atoms with van der Waals surface area (Å²) in [5.74, 6) is -0.395. The molecule has 144 valence electrons. The average Bonchev–Trinajstić information content (AvgIpc) is 3.08. The zero-order chi connectivity index (χ0) is 20.5. The highest BCUT2D eigenvalue weighted by Gasteiger charge is 2.18. The molecule has 0 saturated carbocycles. The number of thiophene rings is 1. The summed E-state index contributed by atoms with van der Waals surface area (Å²) in [6.45, 7) is 1.63. The van der Waals surface area contributed by atoms with Gasteiger partial charge < -0.3 is 0 Å². The van der Waals surface area contributed by atoms with Gasteiger partial charge in [-0.05, 0) is 18.1 Å². The minimum atomic E-state index is -0.559. The topological polar surface area (TPSA) is 95.1 Å². The number of aromatic nitrogens is 2. The van der Waals surface area contributed by atoms with Gasteiger partial charge in [-0.1, -0.05) is 42.5 Å². The molecule has 0 amide bonds. The Morgan fingerprint density at radius 2 is 1.93 bits per heavy atom. The number of nitrogens with zero attached hydrogens (tertiary/aromatic N) is 3. The highest BCUT2D eigenvalue weighted by atomic mass is 32.1. The second-order valence-corrected chi connectivity index (χ2v) is 7.51. The third-order valence-corrected chi connectivity index (χ3v) is 5.90. The summed E-state index contributed by atoms with van der Waals surface area (Å²) in [6.07, 6.45) is 1.35. The highest BCUT2D eigenvalue weighted by molar-refractivity contribution is 7.22. The van der Waals surface area contributed by atoms with Gasteiger partial charge in [0.15, 0.2) is 5.78 Å². The summed E-state index contributed by atoms with van der Waals surface area (Å²) in [7, 11) is 0. The van der Waals surface area contributed by atoms with Crippen molar-refractivity contribution in [3.8, 4) is 10.4 Å². The lowest BCUT2D eigenvalue weighted by Gasteiger charge is -2.05. The third kappa shape index (κ3) is 3.45. The van der Waals surface area contributed by atoms with Crippen molar-refractivity contribution in [3.05, 3.63) is 92.5 Å². The Kier molecular flexibility index (Phi) is 4.77. The van der Waals surface area contributed by atoms with Crippen molar-refractivity contribution in [2.24, 2.45) is 0 Å². The van der Waals surface area contributed by atoms with Crippen molar-refractivity contribution in [2.45, 2.75) is 13.5 Å². The maximum atomic E-state index is 13.0. The predicted octanol–water partition coefficient (Wildman–Crippen LogP) is 4.22. The second kappa shape index (κ2) is 7.40. The van der Waals surface area contributed by atoms with Crippen molar-refractivity contribution < 1.29 is 9.72 Å². The van der Waals surface area contributed by atoms with E-state index in [1.807, 2.05) is 37.3 Å². The van der Waals surface area contributed by atoms with E-state index < -0.39 is 10.7 Å². The molecule has 0 fully saturated rings. The van der Waals surface area contributed by atoms with Gasteiger partial charge in [-0.2, -0.15) is 0 Å². The molecular weight excluding hydrogens is 390 g/mol. The molecule has 0 N–H and O–H groups in total. The number of rotatable bonds is 5. The minimum absolute atomic E-state index is 0.169. The first-order valence-electron chi connectivity index (χ1n) is 8.77. The summed E-state index contributed by atoms with van der Waals surface area (Å²) in [6, 6.07) is 15.2. The first-order chi connectivity index (χ1) is 14.0. The highest BCUT2D eigenvalue weighted by Crippen LogP contribution is 2.35. The van der Waals surface area contributed by atoms with Crippen molar-refractivity contribution in [1.29, 1.82) is 0 Å². The van der Waals surface area contributed by atoms with E-state index in [1.54, 1.807) is 0 Å². The molecule has 7 nitrogen and oxygen atoms in total. The molecule has 0 unspecified atom stereocenters. The van der Waals surface area contributed by atoms with Gasteiger partial charge in [-0.15, -0.1) is 11.3 Å². The van der Waals surface area contributed by atoms with Gasteiger partial charge in [0.1, 0.15) is 4.83 Å². The monoisotopic (exact) mass is 405 g/mol. The molecule has 8 heteroatoms.